The summed E-state index contributed by atoms with van der Waals surface area (Å²) in [5.74, 6) is -3.62. The number of hydrogen-bond acceptors (Lipinski definition) is 11. The lowest BCUT2D eigenvalue weighted by atomic mass is 9.77. The second-order valence-electron chi connectivity index (χ2n) is 10.5. The molecular weight excluding hydrogens is 548 g/mol. The first-order valence-corrected chi connectivity index (χ1v) is 13.2. The van der Waals surface area contributed by atoms with Gasteiger partial charge in [-0.1, -0.05) is 6.08 Å². The van der Waals surface area contributed by atoms with Crippen molar-refractivity contribution < 1.29 is 49.0 Å². The Labute approximate surface area is 241 Å². The standard InChI is InChI=1S/C30H32N2O10/c1-8-11(2)30(39)42-10-16-17-14(22(33)12(3)27(40-6)25(17)36)9-15-20-18-19(23(34)13(4)28(41-7)26(18)37)24(35)21(31(20)5)29(38)32(15)16/h8-9,16,20-21,33-34,36-37H,10H2,1-7H3/b11-8-/t16-,20-,21-/m0/s1. The van der Waals surface area contributed by atoms with Gasteiger partial charge in [-0.05, 0) is 40.8 Å². The van der Waals surface area contributed by atoms with Crippen molar-refractivity contribution in [1.29, 1.82) is 0 Å². The third-order valence-electron chi connectivity index (χ3n) is 8.47. The second kappa shape index (κ2) is 9.98. The third kappa shape index (κ3) is 3.67. The number of amides is 1. The molecule has 3 atom stereocenters. The lowest BCUT2D eigenvalue weighted by Gasteiger charge is -2.52. The summed E-state index contributed by atoms with van der Waals surface area (Å²) in [4.78, 5) is 43.4. The fourth-order valence-electron chi connectivity index (χ4n) is 6.22. The summed E-state index contributed by atoms with van der Waals surface area (Å²) in [5, 5.41) is 45.0. The highest BCUT2D eigenvalue weighted by Crippen LogP contribution is 2.58. The van der Waals surface area contributed by atoms with Crippen molar-refractivity contribution in [2.24, 2.45) is 0 Å². The van der Waals surface area contributed by atoms with Gasteiger partial charge >= 0.3 is 5.97 Å². The van der Waals surface area contributed by atoms with Crippen LogP contribution in [0.4, 0.5) is 0 Å². The second-order valence-corrected chi connectivity index (χ2v) is 10.5. The number of piperazine rings is 1. The van der Waals surface area contributed by atoms with Crippen molar-refractivity contribution in [1.82, 2.24) is 9.80 Å². The Balaban J connectivity index is 1.84. The molecule has 0 spiro atoms. The number of likely N-dealkylation sites (N-methyl/N-ethyl adjacent to an activating group) is 1. The van der Waals surface area contributed by atoms with E-state index in [4.69, 9.17) is 14.2 Å². The van der Waals surface area contributed by atoms with Crippen molar-refractivity contribution in [3.05, 3.63) is 50.7 Å². The number of aromatic hydroxyl groups is 4. The van der Waals surface area contributed by atoms with Gasteiger partial charge in [-0.3, -0.25) is 14.5 Å². The quantitative estimate of drug-likeness (QED) is 0.178. The fourth-order valence-corrected chi connectivity index (χ4v) is 6.22. The number of carbonyl (C=O) groups excluding carboxylic acids is 3. The van der Waals surface area contributed by atoms with E-state index in [1.807, 2.05) is 0 Å². The van der Waals surface area contributed by atoms with E-state index in [1.165, 1.54) is 44.1 Å². The summed E-state index contributed by atoms with van der Waals surface area (Å²) < 4.78 is 16.3. The molecule has 4 N–H and O–H groups in total. The van der Waals surface area contributed by atoms with Crippen molar-refractivity contribution >= 4 is 23.7 Å². The molecule has 2 aromatic carbocycles. The number of hydrogen-bond donors (Lipinski definition) is 4. The summed E-state index contributed by atoms with van der Waals surface area (Å²) in [6.45, 7) is 5.80. The molecule has 1 fully saturated rings. The molecule has 3 aliphatic heterocycles. The van der Waals surface area contributed by atoms with E-state index in [0.717, 1.165) is 0 Å². The van der Waals surface area contributed by atoms with Crippen LogP contribution in [0.15, 0.2) is 17.3 Å². The predicted octanol–water partition coefficient (Wildman–Crippen LogP) is 3.13. The predicted molar refractivity (Wildman–Crippen MR) is 149 cm³/mol. The number of esters is 1. The Hall–Kier alpha value is -4.71. The number of Topliss-reactive ketones (excluding diaryl/α,β-unsaturated/α-hetero) is 1. The monoisotopic (exact) mass is 580 g/mol. The van der Waals surface area contributed by atoms with Crippen molar-refractivity contribution in [3.63, 3.8) is 0 Å². The summed E-state index contributed by atoms with van der Waals surface area (Å²) in [6.07, 6.45) is 3.04. The Morgan fingerprint density at radius 1 is 0.929 bits per heavy atom. The molecular formula is C30H32N2O10. The molecule has 1 amide bonds. The van der Waals surface area contributed by atoms with Gasteiger partial charge in [0.25, 0.3) is 5.91 Å². The van der Waals surface area contributed by atoms with Gasteiger partial charge in [0, 0.05) is 39.1 Å². The number of ether oxygens (including phenoxy) is 3. The number of phenols is 4. The highest BCUT2D eigenvalue weighted by atomic mass is 16.5. The molecule has 3 heterocycles. The van der Waals surface area contributed by atoms with Crippen LogP contribution in [-0.2, 0) is 14.3 Å². The first-order valence-electron chi connectivity index (χ1n) is 13.2. The number of nitrogens with zero attached hydrogens (tertiary/aromatic N) is 2. The van der Waals surface area contributed by atoms with Crippen LogP contribution in [0.1, 0.15) is 64.1 Å². The van der Waals surface area contributed by atoms with Crippen LogP contribution < -0.4 is 9.47 Å². The van der Waals surface area contributed by atoms with Gasteiger partial charge in [-0.25, -0.2) is 4.79 Å². The van der Waals surface area contributed by atoms with E-state index in [2.05, 4.69) is 0 Å². The van der Waals surface area contributed by atoms with E-state index >= 15 is 0 Å². The average Bonchev–Trinajstić information content (AvgIpc) is 2.96. The Morgan fingerprint density at radius 3 is 2.07 bits per heavy atom. The molecule has 0 radical (unpaired) electrons. The van der Waals surface area contributed by atoms with Crippen LogP contribution in [0.2, 0.25) is 0 Å². The fraction of sp³-hybridized carbons (Fsp3) is 0.367. The van der Waals surface area contributed by atoms with Crippen molar-refractivity contribution in [2.75, 3.05) is 27.9 Å². The van der Waals surface area contributed by atoms with Gasteiger partial charge in [-0.15, -0.1) is 0 Å². The summed E-state index contributed by atoms with van der Waals surface area (Å²) >= 11 is 0. The normalized spacial score (nSPS) is 21.3. The van der Waals surface area contributed by atoms with Crippen LogP contribution in [-0.4, -0.2) is 81.8 Å². The third-order valence-corrected chi connectivity index (χ3v) is 8.47. The zero-order valence-corrected chi connectivity index (χ0v) is 24.2. The smallest absolute Gasteiger partial charge is 0.333 e. The molecule has 3 aliphatic rings. The van der Waals surface area contributed by atoms with E-state index in [-0.39, 0.29) is 62.1 Å². The Bertz CT molecular complexity index is 1640. The highest BCUT2D eigenvalue weighted by Gasteiger charge is 2.57. The minimum Gasteiger partial charge on any atom is -0.507 e. The highest BCUT2D eigenvalue weighted by molar-refractivity contribution is 6.18. The topological polar surface area (TPSA) is 166 Å². The average molecular weight is 581 g/mol. The number of phenolic OH excluding ortho intramolecular Hbond substituents is 4. The number of carbonyl (C=O) groups is 3. The molecule has 1 saturated heterocycles. The molecule has 0 aromatic heterocycles. The molecule has 42 heavy (non-hydrogen) atoms. The maximum atomic E-state index is 14.2. The molecule has 0 aliphatic carbocycles. The number of rotatable bonds is 5. The molecule has 2 aromatic rings. The largest absolute Gasteiger partial charge is 0.507 e. The number of allylic oxidation sites excluding steroid dienone is 1. The number of ketones is 1. The first-order chi connectivity index (χ1) is 19.8. The van der Waals surface area contributed by atoms with E-state index in [1.54, 1.807) is 26.8 Å². The van der Waals surface area contributed by atoms with Gasteiger partial charge in [-0.2, -0.15) is 0 Å². The molecule has 222 valence electrons. The van der Waals surface area contributed by atoms with Gasteiger partial charge in [0.05, 0.1) is 25.8 Å². The van der Waals surface area contributed by atoms with Crippen molar-refractivity contribution in [2.45, 2.75) is 45.8 Å². The lowest BCUT2D eigenvalue weighted by Crippen LogP contribution is -2.62. The van der Waals surface area contributed by atoms with Crippen LogP contribution in [0, 0.1) is 13.8 Å². The first kappa shape index (κ1) is 28.8. The van der Waals surface area contributed by atoms with Gasteiger partial charge < -0.3 is 39.5 Å². The van der Waals surface area contributed by atoms with Crippen LogP contribution in [0.25, 0.3) is 6.08 Å². The SMILES string of the molecule is C/C=C(/C)C(=O)OC[C@H]1c2c(O)c(OC)c(C)c(O)c2C=C2[C@H]3c4c(O)c(OC)c(C)c(O)c4C(=O)[C@@H](C(=O)N21)N3C. The molecule has 2 bridgehead atoms. The Morgan fingerprint density at radius 2 is 1.50 bits per heavy atom. The summed E-state index contributed by atoms with van der Waals surface area (Å²) in [7, 11) is 4.16. The number of benzene rings is 2. The number of fused-ring (bicyclic) bond motifs is 7. The maximum Gasteiger partial charge on any atom is 0.333 e. The van der Waals surface area contributed by atoms with Crippen LogP contribution in [0.3, 0.4) is 0 Å². The molecule has 0 unspecified atom stereocenters. The maximum absolute atomic E-state index is 14.2. The number of methoxy groups -OCH3 is 2. The minimum atomic E-state index is -1.42. The van der Waals surface area contributed by atoms with Crippen LogP contribution >= 0.6 is 0 Å². The van der Waals surface area contributed by atoms with Gasteiger partial charge in [0.1, 0.15) is 24.1 Å². The van der Waals surface area contributed by atoms with Crippen LogP contribution in [0.5, 0.6) is 34.5 Å². The van der Waals surface area contributed by atoms with Gasteiger partial charge in [0.2, 0.25) is 0 Å². The minimum absolute atomic E-state index is 0.0142. The van der Waals surface area contributed by atoms with E-state index in [9.17, 15) is 34.8 Å². The summed E-state index contributed by atoms with van der Waals surface area (Å²) in [6, 6.07) is -3.61. The zero-order valence-electron chi connectivity index (χ0n) is 24.2. The van der Waals surface area contributed by atoms with Crippen molar-refractivity contribution in [3.8, 4) is 34.5 Å². The molecule has 0 saturated carbocycles. The van der Waals surface area contributed by atoms with Gasteiger partial charge in [0.15, 0.2) is 34.8 Å². The molecule has 5 rings (SSSR count). The summed E-state index contributed by atoms with van der Waals surface area (Å²) in [5.41, 5.74) is 0.885. The Kier molecular flexibility index (Phi) is 6.85. The lowest BCUT2D eigenvalue weighted by molar-refractivity contribution is -0.148. The zero-order chi connectivity index (χ0) is 30.9. The van der Waals surface area contributed by atoms with E-state index in [0.29, 0.717) is 5.57 Å². The molecule has 12 heteroatoms. The van der Waals surface area contributed by atoms with E-state index < -0.39 is 53.9 Å². The molecule has 12 nitrogen and oxygen atoms in total.